The van der Waals surface area contributed by atoms with Crippen LogP contribution in [0.3, 0.4) is 0 Å². The van der Waals surface area contributed by atoms with Gasteiger partial charge in [-0.3, -0.25) is 0 Å². The fourth-order valence-corrected chi connectivity index (χ4v) is 3.86. The zero-order chi connectivity index (χ0) is 23.9. The van der Waals surface area contributed by atoms with Gasteiger partial charge in [-0.2, -0.15) is 5.01 Å². The number of methoxy groups -OCH3 is 1. The lowest BCUT2D eigenvalue weighted by molar-refractivity contribution is 0.243. The van der Waals surface area contributed by atoms with Gasteiger partial charge in [0.25, 0.3) is 0 Å². The third kappa shape index (κ3) is 5.83. The molecule has 0 aliphatic heterocycles. The predicted octanol–water partition coefficient (Wildman–Crippen LogP) is 6.25. The van der Waals surface area contributed by atoms with Gasteiger partial charge >= 0.3 is 12.1 Å². The maximum absolute atomic E-state index is 13.1. The summed E-state index contributed by atoms with van der Waals surface area (Å²) in [5.74, 6) is 0.726. The molecule has 4 rings (SSSR count). The molecule has 1 aromatic heterocycles. The van der Waals surface area contributed by atoms with E-state index in [0.717, 1.165) is 16.3 Å². The van der Waals surface area contributed by atoms with Crippen LogP contribution >= 0.6 is 22.9 Å². The van der Waals surface area contributed by atoms with Crippen molar-refractivity contribution >= 4 is 51.5 Å². The number of thiazole rings is 1. The van der Waals surface area contributed by atoms with Crippen LogP contribution in [-0.2, 0) is 0 Å². The Morgan fingerprint density at radius 3 is 2.26 bits per heavy atom. The molecule has 0 fully saturated rings. The fourth-order valence-electron chi connectivity index (χ4n) is 2.94. The summed E-state index contributed by atoms with van der Waals surface area (Å²) in [7, 11) is 1.60. The number of anilines is 3. The number of urea groups is 2. The van der Waals surface area contributed by atoms with Crippen LogP contribution in [0.15, 0.2) is 84.2 Å². The zero-order valence-corrected chi connectivity index (χ0v) is 19.6. The second-order valence-electron chi connectivity index (χ2n) is 6.95. The summed E-state index contributed by atoms with van der Waals surface area (Å²) in [4.78, 5) is 30.3. The minimum absolute atomic E-state index is 0.283. The van der Waals surface area contributed by atoms with Crippen LogP contribution in [0.2, 0.25) is 5.02 Å². The Hall–Kier alpha value is -4.08. The number of carbonyl (C=O) groups is 2. The van der Waals surface area contributed by atoms with Crippen molar-refractivity contribution < 1.29 is 14.3 Å². The first-order chi connectivity index (χ1) is 16.5. The van der Waals surface area contributed by atoms with Gasteiger partial charge in [-0.15, -0.1) is 11.3 Å². The van der Waals surface area contributed by atoms with Gasteiger partial charge in [0.15, 0.2) is 0 Å². The molecular weight excluding hydrogens is 474 g/mol. The Balaban J connectivity index is 1.56. The maximum atomic E-state index is 13.1. The SMILES string of the molecule is COc1ccc(-c2csc(N(NC(=O)Nc3ccc(Cl)cc3)C(=O)Nc3ccccc3)n2)cc1. The largest absolute Gasteiger partial charge is 0.497 e. The first-order valence-electron chi connectivity index (χ1n) is 10.1. The quantitative estimate of drug-likeness (QED) is 0.286. The van der Waals surface area contributed by atoms with Crippen molar-refractivity contribution in [2.75, 3.05) is 22.8 Å². The molecule has 8 nitrogen and oxygen atoms in total. The van der Waals surface area contributed by atoms with Crippen LogP contribution in [0.1, 0.15) is 0 Å². The first kappa shape index (κ1) is 23.1. The number of hydrogen-bond acceptors (Lipinski definition) is 5. The molecule has 4 amide bonds. The lowest BCUT2D eigenvalue weighted by atomic mass is 10.2. The lowest BCUT2D eigenvalue weighted by Crippen LogP contribution is -2.50. The Bertz CT molecular complexity index is 1260. The number of ether oxygens (including phenoxy) is 1. The van der Waals surface area contributed by atoms with E-state index in [1.807, 2.05) is 30.3 Å². The van der Waals surface area contributed by atoms with Crippen molar-refractivity contribution in [3.63, 3.8) is 0 Å². The minimum Gasteiger partial charge on any atom is -0.497 e. The number of para-hydroxylation sites is 1. The van der Waals surface area contributed by atoms with E-state index in [0.29, 0.717) is 22.1 Å². The number of halogens is 1. The third-order valence-electron chi connectivity index (χ3n) is 4.61. The summed E-state index contributed by atoms with van der Waals surface area (Å²) in [5.41, 5.74) is 5.15. The van der Waals surface area contributed by atoms with Gasteiger partial charge in [0.2, 0.25) is 5.13 Å². The average molecular weight is 494 g/mol. The normalized spacial score (nSPS) is 10.3. The minimum atomic E-state index is -0.619. The van der Waals surface area contributed by atoms with E-state index >= 15 is 0 Å². The molecule has 0 aliphatic rings. The Labute approximate surface area is 205 Å². The maximum Gasteiger partial charge on any atom is 0.347 e. The van der Waals surface area contributed by atoms with Gasteiger partial charge in [0.05, 0.1) is 12.8 Å². The molecule has 0 spiro atoms. The summed E-state index contributed by atoms with van der Waals surface area (Å²) in [6.07, 6.45) is 0. The molecule has 1 heterocycles. The van der Waals surface area contributed by atoms with Crippen molar-refractivity contribution in [1.82, 2.24) is 10.4 Å². The highest BCUT2D eigenvalue weighted by Crippen LogP contribution is 2.28. The molecule has 0 bridgehead atoms. The second kappa shape index (κ2) is 10.7. The monoisotopic (exact) mass is 493 g/mol. The molecule has 10 heteroatoms. The van der Waals surface area contributed by atoms with Crippen LogP contribution < -0.4 is 25.8 Å². The van der Waals surface area contributed by atoms with E-state index in [9.17, 15) is 9.59 Å². The van der Waals surface area contributed by atoms with Crippen molar-refractivity contribution in [3.05, 3.63) is 89.3 Å². The van der Waals surface area contributed by atoms with E-state index < -0.39 is 12.1 Å². The van der Waals surface area contributed by atoms with E-state index in [4.69, 9.17) is 16.3 Å². The first-order valence-corrected chi connectivity index (χ1v) is 11.4. The Morgan fingerprint density at radius 1 is 0.912 bits per heavy atom. The highest BCUT2D eigenvalue weighted by Gasteiger charge is 2.22. The molecular formula is C24H20ClN5O3S. The standard InChI is InChI=1S/C24H20ClN5O3S/c1-33-20-13-7-16(8-14-20)21-15-34-24(28-21)30(23(32)27-18-5-3-2-4-6-18)29-22(31)26-19-11-9-17(25)10-12-19/h2-15H,1H3,(H,27,32)(H2,26,29,31). The van der Waals surface area contributed by atoms with Crippen LogP contribution in [0.4, 0.5) is 26.1 Å². The van der Waals surface area contributed by atoms with Crippen LogP contribution in [0.5, 0.6) is 5.75 Å². The summed E-state index contributed by atoms with van der Waals surface area (Å²) in [6, 6.07) is 21.7. The highest BCUT2D eigenvalue weighted by molar-refractivity contribution is 7.14. The number of benzene rings is 3. The molecule has 0 unspecified atom stereocenters. The fraction of sp³-hybridized carbons (Fsp3) is 0.0417. The zero-order valence-electron chi connectivity index (χ0n) is 18.0. The van der Waals surface area contributed by atoms with Gasteiger partial charge in [0.1, 0.15) is 5.75 Å². The smallest absolute Gasteiger partial charge is 0.347 e. The number of nitrogens with one attached hydrogen (secondary N) is 3. The number of hydrogen-bond donors (Lipinski definition) is 3. The van der Waals surface area contributed by atoms with Crippen molar-refractivity contribution in [2.45, 2.75) is 0 Å². The molecule has 4 aromatic rings. The summed E-state index contributed by atoms with van der Waals surface area (Å²) < 4.78 is 5.19. The average Bonchev–Trinajstić information content (AvgIpc) is 3.34. The van der Waals surface area contributed by atoms with Gasteiger partial charge in [-0.05, 0) is 60.7 Å². The van der Waals surface area contributed by atoms with Gasteiger partial charge < -0.3 is 15.4 Å². The predicted molar refractivity (Wildman–Crippen MR) is 136 cm³/mol. The molecule has 3 N–H and O–H groups in total. The number of nitrogens with zero attached hydrogens (tertiary/aromatic N) is 2. The van der Waals surface area contributed by atoms with Crippen LogP contribution in [0, 0.1) is 0 Å². The second-order valence-corrected chi connectivity index (χ2v) is 8.22. The van der Waals surface area contributed by atoms with E-state index in [1.54, 1.807) is 61.0 Å². The number of amides is 4. The molecule has 172 valence electrons. The topological polar surface area (TPSA) is 95.6 Å². The van der Waals surface area contributed by atoms with Crippen LogP contribution in [-0.4, -0.2) is 24.2 Å². The third-order valence-corrected chi connectivity index (χ3v) is 5.69. The number of rotatable bonds is 5. The summed E-state index contributed by atoms with van der Waals surface area (Å²) in [5, 5.41) is 9.13. The van der Waals surface area contributed by atoms with E-state index in [-0.39, 0.29) is 5.13 Å². The van der Waals surface area contributed by atoms with Gasteiger partial charge in [-0.25, -0.2) is 20.0 Å². The lowest BCUT2D eigenvalue weighted by Gasteiger charge is -2.21. The summed E-state index contributed by atoms with van der Waals surface area (Å²) >= 11 is 7.11. The Morgan fingerprint density at radius 2 is 1.59 bits per heavy atom. The number of aromatic nitrogens is 1. The van der Waals surface area contributed by atoms with E-state index in [2.05, 4.69) is 21.0 Å². The molecule has 3 aromatic carbocycles. The number of carbonyl (C=O) groups excluding carboxylic acids is 2. The molecule has 0 aliphatic carbocycles. The molecule has 0 saturated carbocycles. The van der Waals surface area contributed by atoms with Crippen molar-refractivity contribution in [3.8, 4) is 17.0 Å². The van der Waals surface area contributed by atoms with Gasteiger partial charge in [-0.1, -0.05) is 29.8 Å². The Kier molecular flexibility index (Phi) is 7.26. The van der Waals surface area contributed by atoms with Gasteiger partial charge in [0, 0.05) is 27.3 Å². The molecule has 0 radical (unpaired) electrons. The highest BCUT2D eigenvalue weighted by atomic mass is 35.5. The van der Waals surface area contributed by atoms with E-state index in [1.165, 1.54) is 11.3 Å². The molecule has 34 heavy (non-hydrogen) atoms. The van der Waals surface area contributed by atoms with Crippen LogP contribution in [0.25, 0.3) is 11.3 Å². The molecule has 0 atom stereocenters. The molecule has 0 saturated heterocycles. The van der Waals surface area contributed by atoms with Crippen molar-refractivity contribution in [1.29, 1.82) is 0 Å². The van der Waals surface area contributed by atoms with Crippen molar-refractivity contribution in [2.24, 2.45) is 0 Å². The summed E-state index contributed by atoms with van der Waals surface area (Å²) in [6.45, 7) is 0. The number of hydrazine groups is 1.